The number of hydrogen-bond donors (Lipinski definition) is 1. The molecular formula is C21H21FN2O4S. The molecule has 1 fully saturated rings. The van der Waals surface area contributed by atoms with Crippen LogP contribution >= 0.6 is 0 Å². The predicted octanol–water partition coefficient (Wildman–Crippen LogP) is 3.40. The molecule has 3 aromatic rings. The highest BCUT2D eigenvalue weighted by Crippen LogP contribution is 2.23. The van der Waals surface area contributed by atoms with Crippen LogP contribution in [0, 0.1) is 11.7 Å². The smallest absolute Gasteiger partial charge is 0.289 e. The van der Waals surface area contributed by atoms with E-state index in [1.807, 2.05) is 24.3 Å². The van der Waals surface area contributed by atoms with E-state index in [-0.39, 0.29) is 23.3 Å². The average Bonchev–Trinajstić information content (AvgIpc) is 3.16. The molecule has 8 heteroatoms. The summed E-state index contributed by atoms with van der Waals surface area (Å²) < 4.78 is 46.1. The fourth-order valence-electron chi connectivity index (χ4n) is 3.53. The number of hydrogen-bond acceptors (Lipinski definition) is 4. The molecule has 0 radical (unpaired) electrons. The molecule has 0 unspecified atom stereocenters. The van der Waals surface area contributed by atoms with Gasteiger partial charge in [-0.05, 0) is 49.1 Å². The molecule has 0 aliphatic carbocycles. The topological polar surface area (TPSA) is 79.6 Å². The summed E-state index contributed by atoms with van der Waals surface area (Å²) in [6, 6.07) is 14.1. The summed E-state index contributed by atoms with van der Waals surface area (Å²) in [5.41, 5.74) is 0.678. The lowest BCUT2D eigenvalue weighted by Crippen LogP contribution is -2.41. The Morgan fingerprint density at radius 2 is 1.86 bits per heavy atom. The third kappa shape index (κ3) is 4.33. The fraction of sp³-hybridized carbons (Fsp3) is 0.286. The number of nitrogens with zero attached hydrogens (tertiary/aromatic N) is 1. The fourth-order valence-corrected chi connectivity index (χ4v) is 4.68. The van der Waals surface area contributed by atoms with Gasteiger partial charge in [0.2, 0.25) is 10.0 Å². The first-order chi connectivity index (χ1) is 13.9. The zero-order valence-electron chi connectivity index (χ0n) is 15.7. The number of furan rings is 1. The van der Waals surface area contributed by atoms with Gasteiger partial charge in [0.1, 0.15) is 11.4 Å². The number of sulfonamides is 1. The van der Waals surface area contributed by atoms with Crippen molar-refractivity contribution in [3.05, 3.63) is 66.2 Å². The van der Waals surface area contributed by atoms with Crippen LogP contribution in [0.25, 0.3) is 11.0 Å². The molecule has 1 aromatic heterocycles. The maximum Gasteiger partial charge on any atom is 0.289 e. The van der Waals surface area contributed by atoms with Crippen LogP contribution in [0.1, 0.15) is 23.4 Å². The van der Waals surface area contributed by atoms with Crippen LogP contribution in [-0.2, 0) is 10.0 Å². The highest BCUT2D eigenvalue weighted by atomic mass is 32.2. The van der Waals surface area contributed by atoms with Gasteiger partial charge in [-0.25, -0.2) is 17.5 Å². The second-order valence-electron chi connectivity index (χ2n) is 7.19. The molecule has 1 saturated heterocycles. The number of halogens is 1. The van der Waals surface area contributed by atoms with Crippen LogP contribution in [-0.4, -0.2) is 38.9 Å². The van der Waals surface area contributed by atoms with Gasteiger partial charge in [0.25, 0.3) is 5.91 Å². The Morgan fingerprint density at radius 1 is 1.10 bits per heavy atom. The number of benzene rings is 2. The number of fused-ring (bicyclic) bond motifs is 1. The zero-order valence-corrected chi connectivity index (χ0v) is 16.5. The number of para-hydroxylation sites is 1. The third-order valence-electron chi connectivity index (χ3n) is 5.21. The van der Waals surface area contributed by atoms with E-state index in [0.29, 0.717) is 37.3 Å². The van der Waals surface area contributed by atoms with Crippen LogP contribution in [0.4, 0.5) is 4.39 Å². The van der Waals surface area contributed by atoms with Crippen molar-refractivity contribution >= 4 is 26.9 Å². The second-order valence-corrected chi connectivity index (χ2v) is 8.96. The van der Waals surface area contributed by atoms with E-state index in [9.17, 15) is 17.6 Å². The maximum absolute atomic E-state index is 13.3. The molecule has 0 saturated carbocycles. The second kappa shape index (κ2) is 7.96. The van der Waals surface area contributed by atoms with Gasteiger partial charge in [0, 0.05) is 25.0 Å². The molecular weight excluding hydrogens is 395 g/mol. The summed E-state index contributed by atoms with van der Waals surface area (Å²) in [6.07, 6.45) is 1.36. The SMILES string of the molecule is O=C(c1cc2ccccc2o1)N1CCC(CNS(=O)(=O)c2cccc(F)c2)CC1. The van der Waals surface area contributed by atoms with Crippen LogP contribution in [0.2, 0.25) is 0 Å². The average molecular weight is 416 g/mol. The van der Waals surface area contributed by atoms with Crippen molar-refractivity contribution in [2.45, 2.75) is 17.7 Å². The van der Waals surface area contributed by atoms with Crippen LogP contribution in [0.5, 0.6) is 0 Å². The van der Waals surface area contributed by atoms with Gasteiger partial charge < -0.3 is 9.32 Å². The summed E-state index contributed by atoms with van der Waals surface area (Å²) in [7, 11) is -3.76. The molecule has 1 N–H and O–H groups in total. The number of rotatable bonds is 5. The summed E-state index contributed by atoms with van der Waals surface area (Å²) >= 11 is 0. The lowest BCUT2D eigenvalue weighted by atomic mass is 9.97. The molecule has 2 aromatic carbocycles. The summed E-state index contributed by atoms with van der Waals surface area (Å²) in [4.78, 5) is 14.3. The lowest BCUT2D eigenvalue weighted by molar-refractivity contribution is 0.0662. The van der Waals surface area contributed by atoms with E-state index in [2.05, 4.69) is 4.72 Å². The van der Waals surface area contributed by atoms with Crippen molar-refractivity contribution in [2.75, 3.05) is 19.6 Å². The molecule has 1 amide bonds. The predicted molar refractivity (Wildman–Crippen MR) is 106 cm³/mol. The number of carbonyl (C=O) groups excluding carboxylic acids is 1. The highest BCUT2D eigenvalue weighted by molar-refractivity contribution is 7.89. The van der Waals surface area contributed by atoms with Crippen molar-refractivity contribution in [2.24, 2.45) is 5.92 Å². The van der Waals surface area contributed by atoms with E-state index in [1.54, 1.807) is 11.0 Å². The Hall–Kier alpha value is -2.71. The molecule has 152 valence electrons. The van der Waals surface area contributed by atoms with Crippen molar-refractivity contribution in [1.82, 2.24) is 9.62 Å². The van der Waals surface area contributed by atoms with Crippen molar-refractivity contribution < 1.29 is 22.0 Å². The van der Waals surface area contributed by atoms with Gasteiger partial charge in [-0.2, -0.15) is 0 Å². The molecule has 29 heavy (non-hydrogen) atoms. The third-order valence-corrected chi connectivity index (χ3v) is 6.63. The summed E-state index contributed by atoms with van der Waals surface area (Å²) in [5, 5.41) is 0.887. The van der Waals surface area contributed by atoms with Crippen molar-refractivity contribution in [3.63, 3.8) is 0 Å². The van der Waals surface area contributed by atoms with Gasteiger partial charge >= 0.3 is 0 Å². The quantitative estimate of drug-likeness (QED) is 0.691. The molecule has 0 bridgehead atoms. The summed E-state index contributed by atoms with van der Waals surface area (Å²) in [6.45, 7) is 1.32. The lowest BCUT2D eigenvalue weighted by Gasteiger charge is -2.31. The van der Waals surface area contributed by atoms with Crippen molar-refractivity contribution in [3.8, 4) is 0 Å². The molecule has 0 spiro atoms. The summed E-state index contributed by atoms with van der Waals surface area (Å²) in [5.74, 6) is -0.320. The van der Waals surface area contributed by atoms with Gasteiger partial charge in [-0.1, -0.05) is 24.3 Å². The minimum atomic E-state index is -3.76. The minimum Gasteiger partial charge on any atom is -0.451 e. The van der Waals surface area contributed by atoms with E-state index >= 15 is 0 Å². The molecule has 1 aliphatic heterocycles. The standard InChI is InChI=1S/C21H21FN2O4S/c22-17-5-3-6-18(13-17)29(26,27)23-14-15-8-10-24(11-9-15)21(25)20-12-16-4-1-2-7-19(16)28-20/h1-7,12-13,15,23H,8-11,14H2. The monoisotopic (exact) mass is 416 g/mol. The number of nitrogens with one attached hydrogen (secondary N) is 1. The molecule has 0 atom stereocenters. The van der Waals surface area contributed by atoms with Crippen LogP contribution in [0.15, 0.2) is 63.9 Å². The van der Waals surface area contributed by atoms with Gasteiger partial charge in [0.05, 0.1) is 4.90 Å². The molecule has 6 nitrogen and oxygen atoms in total. The molecule has 4 rings (SSSR count). The zero-order chi connectivity index (χ0) is 20.4. The van der Waals surface area contributed by atoms with E-state index in [0.717, 1.165) is 11.5 Å². The highest BCUT2D eigenvalue weighted by Gasteiger charge is 2.27. The maximum atomic E-state index is 13.3. The first kappa shape index (κ1) is 19.6. The Bertz CT molecular complexity index is 1100. The van der Waals surface area contributed by atoms with Crippen LogP contribution in [0.3, 0.4) is 0 Å². The largest absolute Gasteiger partial charge is 0.451 e. The Morgan fingerprint density at radius 3 is 2.59 bits per heavy atom. The number of piperidine rings is 1. The van der Waals surface area contributed by atoms with E-state index < -0.39 is 15.8 Å². The van der Waals surface area contributed by atoms with Gasteiger partial charge in [-0.15, -0.1) is 0 Å². The Balaban J connectivity index is 1.33. The Kier molecular flexibility index (Phi) is 5.38. The first-order valence-electron chi connectivity index (χ1n) is 9.45. The number of amides is 1. The van der Waals surface area contributed by atoms with E-state index in [1.165, 1.54) is 18.2 Å². The van der Waals surface area contributed by atoms with Gasteiger partial charge in [0.15, 0.2) is 5.76 Å². The number of carbonyl (C=O) groups is 1. The Labute approximate surface area is 168 Å². The molecule has 2 heterocycles. The van der Waals surface area contributed by atoms with Gasteiger partial charge in [-0.3, -0.25) is 4.79 Å². The van der Waals surface area contributed by atoms with Crippen molar-refractivity contribution in [1.29, 1.82) is 0 Å². The van der Waals surface area contributed by atoms with Crippen LogP contribution < -0.4 is 4.72 Å². The normalized spacial score (nSPS) is 15.7. The molecule has 1 aliphatic rings. The first-order valence-corrected chi connectivity index (χ1v) is 10.9. The number of likely N-dealkylation sites (tertiary alicyclic amines) is 1. The minimum absolute atomic E-state index is 0.0880. The van der Waals surface area contributed by atoms with E-state index in [4.69, 9.17) is 4.42 Å².